The first-order valence-electron chi connectivity index (χ1n) is 3.86. The van der Waals surface area contributed by atoms with Gasteiger partial charge < -0.3 is 5.11 Å². The average molecular weight is 206 g/mol. The van der Waals surface area contributed by atoms with Crippen molar-refractivity contribution in [2.75, 3.05) is 0 Å². The summed E-state index contributed by atoms with van der Waals surface area (Å²) in [7, 11) is 0. The molecule has 0 fully saturated rings. The molecule has 70 valence electrons. The SMILES string of the molecule is O=C(O)c1cc(-c2cccs2)ncn1. The number of thiophene rings is 1. The highest BCUT2D eigenvalue weighted by Gasteiger charge is 2.07. The van der Waals surface area contributed by atoms with E-state index in [9.17, 15) is 4.79 Å². The summed E-state index contributed by atoms with van der Waals surface area (Å²) in [6, 6.07) is 5.25. The molecule has 0 spiro atoms. The lowest BCUT2D eigenvalue weighted by atomic mass is 10.3. The summed E-state index contributed by atoms with van der Waals surface area (Å²) < 4.78 is 0. The molecule has 2 heterocycles. The van der Waals surface area contributed by atoms with Gasteiger partial charge in [-0.15, -0.1) is 11.3 Å². The summed E-state index contributed by atoms with van der Waals surface area (Å²) in [4.78, 5) is 19.2. The first-order chi connectivity index (χ1) is 6.77. The van der Waals surface area contributed by atoms with Crippen molar-refractivity contribution >= 4 is 17.3 Å². The number of carboxylic acid groups (broad SMARTS) is 1. The predicted octanol–water partition coefficient (Wildman–Crippen LogP) is 1.90. The Labute approximate surface area is 83.9 Å². The van der Waals surface area contributed by atoms with Gasteiger partial charge in [-0.05, 0) is 17.5 Å². The molecule has 2 aromatic rings. The molecule has 0 aliphatic heterocycles. The molecule has 0 amide bonds. The molecule has 14 heavy (non-hydrogen) atoms. The molecule has 0 radical (unpaired) electrons. The monoisotopic (exact) mass is 206 g/mol. The summed E-state index contributed by atoms with van der Waals surface area (Å²) in [5.74, 6) is -1.04. The smallest absolute Gasteiger partial charge is 0.354 e. The summed E-state index contributed by atoms with van der Waals surface area (Å²) >= 11 is 1.51. The van der Waals surface area contributed by atoms with Gasteiger partial charge in [0.15, 0.2) is 5.69 Å². The number of aromatic nitrogens is 2. The lowest BCUT2D eigenvalue weighted by molar-refractivity contribution is 0.0690. The molecule has 0 bridgehead atoms. The molecule has 0 saturated heterocycles. The van der Waals surface area contributed by atoms with Gasteiger partial charge in [-0.3, -0.25) is 0 Å². The van der Waals surface area contributed by atoms with E-state index in [0.717, 1.165) is 4.88 Å². The third-order valence-corrected chi connectivity index (χ3v) is 2.55. The molecule has 0 aliphatic carbocycles. The van der Waals surface area contributed by atoms with Crippen LogP contribution in [0, 0.1) is 0 Å². The fourth-order valence-electron chi connectivity index (χ4n) is 1.03. The van der Waals surface area contributed by atoms with E-state index in [1.54, 1.807) is 0 Å². The van der Waals surface area contributed by atoms with Gasteiger partial charge >= 0.3 is 5.97 Å². The van der Waals surface area contributed by atoms with E-state index in [2.05, 4.69) is 9.97 Å². The molecule has 2 rings (SSSR count). The Bertz CT molecular complexity index is 454. The van der Waals surface area contributed by atoms with Crippen LogP contribution in [0.2, 0.25) is 0 Å². The maximum Gasteiger partial charge on any atom is 0.354 e. The molecular weight excluding hydrogens is 200 g/mol. The number of carboxylic acids is 1. The minimum Gasteiger partial charge on any atom is -0.477 e. The van der Waals surface area contributed by atoms with Gasteiger partial charge in [-0.2, -0.15) is 0 Å². The highest BCUT2D eigenvalue weighted by Crippen LogP contribution is 2.22. The Kier molecular flexibility index (Phi) is 2.24. The molecule has 0 atom stereocenters. The molecule has 5 heteroatoms. The third-order valence-electron chi connectivity index (χ3n) is 1.66. The van der Waals surface area contributed by atoms with Gasteiger partial charge in [-0.25, -0.2) is 14.8 Å². The van der Waals surface area contributed by atoms with Crippen molar-refractivity contribution in [3.8, 4) is 10.6 Å². The lowest BCUT2D eigenvalue weighted by Gasteiger charge is -1.96. The van der Waals surface area contributed by atoms with Crippen molar-refractivity contribution in [2.24, 2.45) is 0 Å². The Morgan fingerprint density at radius 2 is 2.29 bits per heavy atom. The average Bonchev–Trinajstić information content (AvgIpc) is 2.71. The Balaban J connectivity index is 2.46. The Morgan fingerprint density at radius 1 is 1.43 bits per heavy atom. The zero-order valence-electron chi connectivity index (χ0n) is 7.04. The summed E-state index contributed by atoms with van der Waals surface area (Å²) in [6.45, 7) is 0. The number of hydrogen-bond donors (Lipinski definition) is 1. The number of nitrogens with zero attached hydrogens (tertiary/aromatic N) is 2. The molecule has 0 saturated carbocycles. The molecule has 2 aromatic heterocycles. The van der Waals surface area contributed by atoms with Gasteiger partial charge in [0, 0.05) is 0 Å². The Morgan fingerprint density at radius 3 is 2.93 bits per heavy atom. The van der Waals surface area contributed by atoms with Gasteiger partial charge in [0.25, 0.3) is 0 Å². The summed E-state index contributed by atoms with van der Waals surface area (Å²) in [6.07, 6.45) is 1.26. The van der Waals surface area contributed by atoms with E-state index in [4.69, 9.17) is 5.11 Å². The van der Waals surface area contributed by atoms with Crippen molar-refractivity contribution < 1.29 is 9.90 Å². The minimum absolute atomic E-state index is 0.0170. The van der Waals surface area contributed by atoms with Crippen LogP contribution < -0.4 is 0 Å². The van der Waals surface area contributed by atoms with Gasteiger partial charge in [-0.1, -0.05) is 6.07 Å². The van der Waals surface area contributed by atoms with Crippen LogP contribution in [0.4, 0.5) is 0 Å². The standard InChI is InChI=1S/C9H6N2O2S/c12-9(13)7-4-6(10-5-11-7)8-2-1-3-14-8/h1-5H,(H,12,13). The van der Waals surface area contributed by atoms with Crippen LogP contribution in [0.3, 0.4) is 0 Å². The second-order valence-electron chi connectivity index (χ2n) is 2.57. The zero-order chi connectivity index (χ0) is 9.97. The summed E-state index contributed by atoms with van der Waals surface area (Å²) in [5.41, 5.74) is 0.663. The van der Waals surface area contributed by atoms with Crippen LogP contribution in [0.15, 0.2) is 29.9 Å². The fraction of sp³-hybridized carbons (Fsp3) is 0. The van der Waals surface area contributed by atoms with Crippen molar-refractivity contribution in [1.82, 2.24) is 9.97 Å². The first kappa shape index (κ1) is 8.83. The fourth-order valence-corrected chi connectivity index (χ4v) is 1.73. The van der Waals surface area contributed by atoms with Crippen LogP contribution in [0.5, 0.6) is 0 Å². The van der Waals surface area contributed by atoms with E-state index in [0.29, 0.717) is 5.69 Å². The quantitative estimate of drug-likeness (QED) is 0.815. The first-order valence-corrected chi connectivity index (χ1v) is 4.74. The normalized spacial score (nSPS) is 10.0. The minimum atomic E-state index is -1.04. The Hall–Kier alpha value is -1.75. The van der Waals surface area contributed by atoms with Crippen molar-refractivity contribution in [3.05, 3.63) is 35.6 Å². The van der Waals surface area contributed by atoms with Crippen molar-refractivity contribution in [3.63, 3.8) is 0 Å². The number of carbonyl (C=O) groups is 1. The highest BCUT2D eigenvalue weighted by atomic mass is 32.1. The van der Waals surface area contributed by atoms with E-state index in [1.165, 1.54) is 23.7 Å². The summed E-state index contributed by atoms with van der Waals surface area (Å²) in [5, 5.41) is 10.6. The van der Waals surface area contributed by atoms with Gasteiger partial charge in [0.2, 0.25) is 0 Å². The molecule has 1 N–H and O–H groups in total. The van der Waals surface area contributed by atoms with Crippen molar-refractivity contribution in [1.29, 1.82) is 0 Å². The van der Waals surface area contributed by atoms with Crippen LogP contribution in [-0.4, -0.2) is 21.0 Å². The van der Waals surface area contributed by atoms with Gasteiger partial charge in [0.05, 0.1) is 10.6 Å². The number of aromatic carboxylic acids is 1. The van der Waals surface area contributed by atoms with E-state index in [1.807, 2.05) is 17.5 Å². The molecule has 0 aliphatic rings. The molecule has 4 nitrogen and oxygen atoms in total. The maximum atomic E-state index is 10.6. The van der Waals surface area contributed by atoms with E-state index >= 15 is 0 Å². The molecule has 0 unspecified atom stereocenters. The lowest BCUT2D eigenvalue weighted by Crippen LogP contribution is -2.00. The van der Waals surface area contributed by atoms with Crippen LogP contribution in [0.1, 0.15) is 10.5 Å². The maximum absolute atomic E-state index is 10.6. The number of hydrogen-bond acceptors (Lipinski definition) is 4. The van der Waals surface area contributed by atoms with Crippen LogP contribution >= 0.6 is 11.3 Å². The second kappa shape index (κ2) is 3.55. The predicted molar refractivity (Wildman–Crippen MR) is 52.3 cm³/mol. The molecular formula is C9H6N2O2S. The topological polar surface area (TPSA) is 63.1 Å². The van der Waals surface area contributed by atoms with E-state index < -0.39 is 5.97 Å². The molecule has 0 aromatic carbocycles. The van der Waals surface area contributed by atoms with Crippen molar-refractivity contribution in [2.45, 2.75) is 0 Å². The second-order valence-corrected chi connectivity index (χ2v) is 3.52. The van der Waals surface area contributed by atoms with Gasteiger partial charge in [0.1, 0.15) is 6.33 Å². The zero-order valence-corrected chi connectivity index (χ0v) is 7.86. The largest absolute Gasteiger partial charge is 0.477 e. The van der Waals surface area contributed by atoms with Crippen LogP contribution in [-0.2, 0) is 0 Å². The van der Waals surface area contributed by atoms with E-state index in [-0.39, 0.29) is 5.69 Å². The highest BCUT2D eigenvalue weighted by molar-refractivity contribution is 7.13. The number of rotatable bonds is 2. The third kappa shape index (κ3) is 1.62. The van der Waals surface area contributed by atoms with Crippen LogP contribution in [0.25, 0.3) is 10.6 Å².